The number of carbonyl (C=O) groups is 1. The van der Waals surface area contributed by atoms with E-state index >= 15 is 0 Å². The maximum absolute atomic E-state index is 13.3. The number of rotatable bonds is 4. The average molecular weight is 330 g/mol. The normalized spacial score (nSPS) is 35.9. The van der Waals surface area contributed by atoms with Crippen molar-refractivity contribution in [3.05, 3.63) is 12.3 Å². The first-order chi connectivity index (χ1) is 7.06. The lowest BCUT2D eigenvalue weighted by molar-refractivity contribution is -0.113. The summed E-state index contributed by atoms with van der Waals surface area (Å²) in [5.41, 5.74) is 4.85. The fraction of sp³-hybridized carbons (Fsp3) is 0.625. The van der Waals surface area contributed by atoms with Gasteiger partial charge in [0.1, 0.15) is 12.2 Å². The molecular weight excluding hydrogens is 318 g/mol. The van der Waals surface area contributed by atoms with Crippen molar-refractivity contribution in [1.82, 2.24) is 5.32 Å². The topological polar surface area (TPSA) is 84.6 Å². The molecule has 7 heteroatoms. The summed E-state index contributed by atoms with van der Waals surface area (Å²) in [6.45, 7) is 0. The third-order valence-corrected chi connectivity index (χ3v) is 2.84. The fourth-order valence-corrected chi connectivity index (χ4v) is 1.91. The van der Waals surface area contributed by atoms with Crippen LogP contribution in [0.4, 0.5) is 4.39 Å². The van der Waals surface area contributed by atoms with E-state index in [0.717, 1.165) is 6.08 Å². The summed E-state index contributed by atoms with van der Waals surface area (Å²) in [7, 11) is 0. The third kappa shape index (κ3) is 3.28. The van der Waals surface area contributed by atoms with Gasteiger partial charge in [0, 0.05) is 16.7 Å². The molecule has 0 bridgehead atoms. The number of carbonyl (C=O) groups excluding carboxylic acids is 1. The predicted octanol–water partition coefficient (Wildman–Crippen LogP) is -0.566. The minimum absolute atomic E-state index is 0.452. The van der Waals surface area contributed by atoms with E-state index in [1.807, 2.05) is 22.6 Å². The Labute approximate surface area is 100.0 Å². The highest BCUT2D eigenvalue weighted by Gasteiger charge is 2.43. The molecule has 1 amide bonds. The van der Waals surface area contributed by atoms with Crippen molar-refractivity contribution in [3.63, 3.8) is 0 Å². The zero-order valence-electron chi connectivity index (χ0n) is 7.77. The van der Waals surface area contributed by atoms with Gasteiger partial charge in [-0.2, -0.15) is 0 Å². The van der Waals surface area contributed by atoms with Crippen molar-refractivity contribution in [2.75, 3.05) is 4.43 Å². The van der Waals surface area contributed by atoms with Crippen LogP contribution in [0.2, 0.25) is 0 Å². The summed E-state index contributed by atoms with van der Waals surface area (Å²) >= 11 is 1.98. The van der Waals surface area contributed by atoms with Gasteiger partial charge in [0.2, 0.25) is 5.91 Å². The maximum atomic E-state index is 13.3. The quantitative estimate of drug-likeness (QED) is 0.366. The lowest BCUT2D eigenvalue weighted by Gasteiger charge is -2.13. The van der Waals surface area contributed by atoms with Gasteiger partial charge in [0.05, 0.1) is 0 Å². The number of alkyl halides is 2. The number of hydrogen-bond acceptors (Lipinski definition) is 4. The molecule has 1 unspecified atom stereocenters. The third-order valence-electron chi connectivity index (χ3n) is 1.97. The molecule has 1 fully saturated rings. The lowest BCUT2D eigenvalue weighted by atomic mass is 10.2. The Kier molecular flexibility index (Phi) is 4.74. The van der Waals surface area contributed by atoms with Crippen molar-refractivity contribution >= 4 is 28.5 Å². The second-order valence-corrected chi connectivity index (χ2v) is 3.97. The zero-order chi connectivity index (χ0) is 11.4. The highest BCUT2D eigenvalue weighted by Crippen LogP contribution is 2.23. The standard InChI is InChI=1S/C8H12FIN2O3/c9-6-4(3-10)15-8(7(6)14)12-2-1-5(11)13/h1-2,4,6-8,12,14H,3H2,(H2,11,13)/b2-1-/t4-,6?,7-,8-/m1/s1. The number of aliphatic hydroxyl groups excluding tert-OH is 1. The molecule has 0 aromatic rings. The maximum Gasteiger partial charge on any atom is 0.242 e. The summed E-state index contributed by atoms with van der Waals surface area (Å²) in [6, 6.07) is 0. The SMILES string of the molecule is NC(=O)/C=C\N[C@@H]1O[C@H](CI)C(F)[C@H]1O. The smallest absolute Gasteiger partial charge is 0.242 e. The molecule has 0 aliphatic carbocycles. The summed E-state index contributed by atoms with van der Waals surface area (Å²) in [6.07, 6.45) is -1.81. The van der Waals surface area contributed by atoms with E-state index in [2.05, 4.69) is 5.32 Å². The van der Waals surface area contributed by atoms with Crippen LogP contribution in [-0.2, 0) is 9.53 Å². The van der Waals surface area contributed by atoms with Crippen LogP contribution in [0.5, 0.6) is 0 Å². The summed E-state index contributed by atoms with van der Waals surface area (Å²) < 4.78 is 18.9. The fourth-order valence-electron chi connectivity index (χ4n) is 1.22. The average Bonchev–Trinajstić information content (AvgIpc) is 2.45. The van der Waals surface area contributed by atoms with E-state index in [9.17, 15) is 14.3 Å². The molecule has 0 spiro atoms. The van der Waals surface area contributed by atoms with Crippen LogP contribution in [0, 0.1) is 0 Å². The molecule has 0 radical (unpaired) electrons. The molecule has 4 N–H and O–H groups in total. The number of nitrogens with one attached hydrogen (secondary N) is 1. The van der Waals surface area contributed by atoms with Crippen LogP contribution in [-0.4, -0.2) is 40.0 Å². The molecule has 1 rings (SSSR count). The second-order valence-electron chi connectivity index (χ2n) is 3.09. The van der Waals surface area contributed by atoms with E-state index < -0.39 is 30.5 Å². The van der Waals surface area contributed by atoms with Gasteiger partial charge < -0.3 is 20.9 Å². The Hall–Kier alpha value is -0.410. The Morgan fingerprint density at radius 3 is 2.87 bits per heavy atom. The number of aliphatic hydroxyl groups is 1. The molecule has 0 aromatic heterocycles. The van der Waals surface area contributed by atoms with Crippen LogP contribution in [0.15, 0.2) is 12.3 Å². The van der Waals surface area contributed by atoms with Crippen LogP contribution in [0.3, 0.4) is 0 Å². The molecule has 1 aliphatic heterocycles. The van der Waals surface area contributed by atoms with Gasteiger partial charge >= 0.3 is 0 Å². The molecule has 4 atom stereocenters. The zero-order valence-corrected chi connectivity index (χ0v) is 9.93. The number of nitrogens with two attached hydrogens (primary N) is 1. The number of primary amides is 1. The molecule has 0 aromatic carbocycles. The van der Waals surface area contributed by atoms with Crippen molar-refractivity contribution in [2.45, 2.75) is 24.6 Å². The van der Waals surface area contributed by atoms with E-state index in [4.69, 9.17) is 10.5 Å². The van der Waals surface area contributed by atoms with Crippen LogP contribution in [0.25, 0.3) is 0 Å². The molecule has 5 nitrogen and oxygen atoms in total. The largest absolute Gasteiger partial charge is 0.385 e. The second kappa shape index (κ2) is 5.61. The van der Waals surface area contributed by atoms with Crippen molar-refractivity contribution < 1.29 is 19.0 Å². The molecule has 0 saturated carbocycles. The van der Waals surface area contributed by atoms with Gasteiger partial charge in [-0.25, -0.2) is 4.39 Å². The van der Waals surface area contributed by atoms with Gasteiger partial charge in [-0.1, -0.05) is 22.6 Å². The van der Waals surface area contributed by atoms with E-state index in [1.54, 1.807) is 0 Å². The predicted molar refractivity (Wildman–Crippen MR) is 59.9 cm³/mol. The van der Waals surface area contributed by atoms with Crippen molar-refractivity contribution in [2.24, 2.45) is 5.73 Å². The van der Waals surface area contributed by atoms with Crippen LogP contribution in [0.1, 0.15) is 0 Å². The molecule has 15 heavy (non-hydrogen) atoms. The van der Waals surface area contributed by atoms with E-state index in [1.165, 1.54) is 6.20 Å². The minimum atomic E-state index is -1.42. The Balaban J connectivity index is 2.47. The Bertz CT molecular complexity index is 264. The molecule has 1 aliphatic rings. The Morgan fingerprint density at radius 1 is 1.73 bits per heavy atom. The number of halogens is 2. The van der Waals surface area contributed by atoms with Gasteiger partial charge in [-0.3, -0.25) is 4.79 Å². The van der Waals surface area contributed by atoms with Crippen molar-refractivity contribution in [3.8, 4) is 0 Å². The summed E-state index contributed by atoms with van der Waals surface area (Å²) in [4.78, 5) is 10.4. The van der Waals surface area contributed by atoms with Crippen LogP contribution >= 0.6 is 22.6 Å². The molecule has 1 saturated heterocycles. The first kappa shape index (κ1) is 12.7. The minimum Gasteiger partial charge on any atom is -0.385 e. The summed E-state index contributed by atoms with van der Waals surface area (Å²) in [5, 5.41) is 12.0. The Morgan fingerprint density at radius 2 is 2.40 bits per heavy atom. The first-order valence-electron chi connectivity index (χ1n) is 4.32. The highest BCUT2D eigenvalue weighted by molar-refractivity contribution is 14.1. The van der Waals surface area contributed by atoms with Crippen LogP contribution < -0.4 is 11.1 Å². The van der Waals surface area contributed by atoms with Gasteiger partial charge in [0.15, 0.2) is 12.4 Å². The lowest BCUT2D eigenvalue weighted by Crippen LogP contribution is -2.37. The van der Waals surface area contributed by atoms with Gasteiger partial charge in [-0.15, -0.1) is 0 Å². The summed E-state index contributed by atoms with van der Waals surface area (Å²) in [5.74, 6) is -0.628. The molecule has 1 heterocycles. The van der Waals surface area contributed by atoms with Gasteiger partial charge in [-0.05, 0) is 0 Å². The molecular formula is C8H12FIN2O3. The molecule has 86 valence electrons. The first-order valence-corrected chi connectivity index (χ1v) is 5.84. The monoisotopic (exact) mass is 330 g/mol. The van der Waals surface area contributed by atoms with Gasteiger partial charge in [0.25, 0.3) is 0 Å². The number of amides is 1. The van der Waals surface area contributed by atoms with Crippen molar-refractivity contribution in [1.29, 1.82) is 0 Å². The number of ether oxygens (including phenoxy) is 1. The van der Waals surface area contributed by atoms with E-state index in [0.29, 0.717) is 4.43 Å². The van der Waals surface area contributed by atoms with E-state index in [-0.39, 0.29) is 0 Å². The highest BCUT2D eigenvalue weighted by atomic mass is 127. The number of hydrogen-bond donors (Lipinski definition) is 3.